The number of ether oxygens (including phenoxy) is 1. The second-order valence-electron chi connectivity index (χ2n) is 5.54. The molecular formula is C15H22N2O3. The number of urea groups is 1. The molecule has 0 fully saturated rings. The standard InChI is InChI=1S/C15H22N2O3/c1-5-10-20-13(18)11-6-8-12(9-7-11)16-14(19)17-15(2,3)4/h6-9H,5,10H2,1-4H3,(H2,16,17,19). The number of hydrogen-bond acceptors (Lipinski definition) is 3. The van der Waals surface area contributed by atoms with Crippen molar-refractivity contribution in [3.8, 4) is 0 Å². The van der Waals surface area contributed by atoms with Gasteiger partial charge in [-0.1, -0.05) is 6.92 Å². The quantitative estimate of drug-likeness (QED) is 0.831. The van der Waals surface area contributed by atoms with E-state index in [1.54, 1.807) is 24.3 Å². The lowest BCUT2D eigenvalue weighted by Gasteiger charge is -2.20. The third-order valence-corrected chi connectivity index (χ3v) is 2.30. The van der Waals surface area contributed by atoms with Crippen molar-refractivity contribution in [3.05, 3.63) is 29.8 Å². The minimum absolute atomic E-state index is 0.279. The van der Waals surface area contributed by atoms with Gasteiger partial charge >= 0.3 is 12.0 Å². The number of esters is 1. The Bertz CT molecular complexity index is 461. The van der Waals surface area contributed by atoms with Crippen molar-refractivity contribution in [1.29, 1.82) is 0 Å². The van der Waals surface area contributed by atoms with E-state index in [4.69, 9.17) is 4.74 Å². The summed E-state index contributed by atoms with van der Waals surface area (Å²) >= 11 is 0. The van der Waals surface area contributed by atoms with E-state index in [-0.39, 0.29) is 17.5 Å². The molecule has 110 valence electrons. The molecule has 1 aromatic rings. The smallest absolute Gasteiger partial charge is 0.338 e. The lowest BCUT2D eigenvalue weighted by atomic mass is 10.1. The molecule has 0 aliphatic carbocycles. The van der Waals surface area contributed by atoms with Crippen LogP contribution in [0.3, 0.4) is 0 Å². The Hall–Kier alpha value is -2.04. The van der Waals surface area contributed by atoms with Crippen molar-refractivity contribution in [2.45, 2.75) is 39.7 Å². The molecule has 0 saturated carbocycles. The molecule has 0 aliphatic rings. The first-order valence-electron chi connectivity index (χ1n) is 6.68. The van der Waals surface area contributed by atoms with E-state index in [1.807, 2.05) is 27.7 Å². The van der Waals surface area contributed by atoms with Crippen molar-refractivity contribution in [2.24, 2.45) is 0 Å². The van der Waals surface area contributed by atoms with Gasteiger partial charge in [0, 0.05) is 11.2 Å². The Morgan fingerprint density at radius 3 is 2.25 bits per heavy atom. The summed E-state index contributed by atoms with van der Waals surface area (Å²) in [7, 11) is 0. The molecule has 0 saturated heterocycles. The summed E-state index contributed by atoms with van der Waals surface area (Å²) in [4.78, 5) is 23.3. The molecule has 0 spiro atoms. The van der Waals surface area contributed by atoms with Crippen molar-refractivity contribution in [3.63, 3.8) is 0 Å². The predicted octanol–water partition coefficient (Wildman–Crippen LogP) is 3.17. The fraction of sp³-hybridized carbons (Fsp3) is 0.467. The van der Waals surface area contributed by atoms with Crippen LogP contribution in [0.1, 0.15) is 44.5 Å². The van der Waals surface area contributed by atoms with E-state index in [0.717, 1.165) is 6.42 Å². The predicted molar refractivity (Wildman–Crippen MR) is 78.9 cm³/mol. The Kier molecular flexibility index (Phi) is 5.55. The van der Waals surface area contributed by atoms with E-state index >= 15 is 0 Å². The zero-order valence-corrected chi connectivity index (χ0v) is 12.4. The number of benzene rings is 1. The van der Waals surface area contributed by atoms with Gasteiger partial charge in [-0.3, -0.25) is 0 Å². The van der Waals surface area contributed by atoms with Gasteiger partial charge in [-0.05, 0) is 51.5 Å². The molecule has 2 amide bonds. The third kappa shape index (κ3) is 5.73. The van der Waals surface area contributed by atoms with E-state index < -0.39 is 0 Å². The second-order valence-corrected chi connectivity index (χ2v) is 5.54. The van der Waals surface area contributed by atoms with Crippen LogP contribution in [0, 0.1) is 0 Å². The molecular weight excluding hydrogens is 256 g/mol. The topological polar surface area (TPSA) is 67.4 Å². The average Bonchev–Trinajstić information content (AvgIpc) is 2.34. The van der Waals surface area contributed by atoms with Crippen molar-refractivity contribution in [2.75, 3.05) is 11.9 Å². The fourth-order valence-electron chi connectivity index (χ4n) is 1.47. The summed E-state index contributed by atoms with van der Waals surface area (Å²) in [6.45, 7) is 8.05. The van der Waals surface area contributed by atoms with Gasteiger partial charge in [0.2, 0.25) is 0 Å². The highest BCUT2D eigenvalue weighted by molar-refractivity contribution is 5.92. The number of rotatable bonds is 4. The van der Waals surface area contributed by atoms with Gasteiger partial charge in [-0.2, -0.15) is 0 Å². The zero-order chi connectivity index (χ0) is 15.2. The van der Waals surface area contributed by atoms with E-state index in [1.165, 1.54) is 0 Å². The van der Waals surface area contributed by atoms with Crippen LogP contribution < -0.4 is 10.6 Å². The van der Waals surface area contributed by atoms with Gasteiger partial charge in [0.15, 0.2) is 0 Å². The van der Waals surface area contributed by atoms with Crippen LogP contribution >= 0.6 is 0 Å². The van der Waals surface area contributed by atoms with E-state index in [0.29, 0.717) is 17.9 Å². The molecule has 0 radical (unpaired) electrons. The normalized spacial score (nSPS) is 10.8. The molecule has 2 N–H and O–H groups in total. The van der Waals surface area contributed by atoms with Crippen LogP contribution in [0.15, 0.2) is 24.3 Å². The Morgan fingerprint density at radius 1 is 1.15 bits per heavy atom. The summed E-state index contributed by atoms with van der Waals surface area (Å²) in [6, 6.07) is 6.32. The SMILES string of the molecule is CCCOC(=O)c1ccc(NC(=O)NC(C)(C)C)cc1. The third-order valence-electron chi connectivity index (χ3n) is 2.30. The highest BCUT2D eigenvalue weighted by Gasteiger charge is 2.13. The number of anilines is 1. The molecule has 5 heteroatoms. The molecule has 1 aromatic carbocycles. The first-order chi connectivity index (χ1) is 9.31. The maximum atomic E-state index is 11.7. The van der Waals surface area contributed by atoms with Gasteiger partial charge in [-0.25, -0.2) is 9.59 Å². The highest BCUT2D eigenvalue weighted by atomic mass is 16.5. The van der Waals surface area contributed by atoms with Gasteiger partial charge in [-0.15, -0.1) is 0 Å². The highest BCUT2D eigenvalue weighted by Crippen LogP contribution is 2.11. The largest absolute Gasteiger partial charge is 0.462 e. The van der Waals surface area contributed by atoms with Crippen LogP contribution in [-0.4, -0.2) is 24.1 Å². The average molecular weight is 278 g/mol. The van der Waals surface area contributed by atoms with Crippen LogP contribution in [0.2, 0.25) is 0 Å². The first-order valence-corrected chi connectivity index (χ1v) is 6.68. The van der Waals surface area contributed by atoms with Crippen molar-refractivity contribution in [1.82, 2.24) is 5.32 Å². The molecule has 0 bridgehead atoms. The minimum atomic E-state index is -0.349. The van der Waals surface area contributed by atoms with Crippen molar-refractivity contribution < 1.29 is 14.3 Å². The lowest BCUT2D eigenvalue weighted by Crippen LogP contribution is -2.43. The maximum Gasteiger partial charge on any atom is 0.338 e. The molecule has 0 aromatic heterocycles. The number of hydrogen-bond donors (Lipinski definition) is 2. The number of amides is 2. The van der Waals surface area contributed by atoms with Gasteiger partial charge in [0.1, 0.15) is 0 Å². The summed E-state index contributed by atoms with van der Waals surface area (Å²) < 4.78 is 5.03. The summed E-state index contributed by atoms with van der Waals surface area (Å²) in [6.07, 6.45) is 0.790. The van der Waals surface area contributed by atoms with Crippen molar-refractivity contribution >= 4 is 17.7 Å². The molecule has 0 aliphatic heterocycles. The number of nitrogens with one attached hydrogen (secondary N) is 2. The Balaban J connectivity index is 2.58. The van der Waals surface area contributed by atoms with Gasteiger partial charge in [0.25, 0.3) is 0 Å². The zero-order valence-electron chi connectivity index (χ0n) is 12.4. The molecule has 5 nitrogen and oxygen atoms in total. The van der Waals surface area contributed by atoms with Crippen LogP contribution in [-0.2, 0) is 4.74 Å². The molecule has 0 unspecified atom stereocenters. The Labute approximate surface area is 119 Å². The van der Waals surface area contributed by atoms with E-state index in [2.05, 4.69) is 10.6 Å². The maximum absolute atomic E-state index is 11.7. The summed E-state index contributed by atoms with van der Waals surface area (Å²) in [5.74, 6) is -0.349. The molecule has 1 rings (SSSR count). The minimum Gasteiger partial charge on any atom is -0.462 e. The lowest BCUT2D eigenvalue weighted by molar-refractivity contribution is 0.0505. The number of carbonyl (C=O) groups is 2. The molecule has 20 heavy (non-hydrogen) atoms. The summed E-state index contributed by atoms with van der Waals surface area (Å²) in [5, 5.41) is 5.50. The van der Waals surface area contributed by atoms with Crippen LogP contribution in [0.4, 0.5) is 10.5 Å². The number of carbonyl (C=O) groups excluding carboxylic acids is 2. The summed E-state index contributed by atoms with van der Waals surface area (Å²) in [5.41, 5.74) is 0.799. The second kappa shape index (κ2) is 6.93. The van der Waals surface area contributed by atoms with Crippen LogP contribution in [0.25, 0.3) is 0 Å². The molecule has 0 heterocycles. The monoisotopic (exact) mass is 278 g/mol. The van der Waals surface area contributed by atoms with Crippen LogP contribution in [0.5, 0.6) is 0 Å². The van der Waals surface area contributed by atoms with E-state index in [9.17, 15) is 9.59 Å². The Morgan fingerprint density at radius 2 is 1.75 bits per heavy atom. The fourth-order valence-corrected chi connectivity index (χ4v) is 1.47. The van der Waals surface area contributed by atoms with Gasteiger partial charge in [0.05, 0.1) is 12.2 Å². The molecule has 0 atom stereocenters. The van der Waals surface area contributed by atoms with Gasteiger partial charge < -0.3 is 15.4 Å². The first kappa shape index (κ1) is 16.0.